The fourth-order valence-corrected chi connectivity index (χ4v) is 3.29. The standard InChI is InChI=1S/C17H12Cl3N5O2.ClH/c18-10-3-1-9(2-4-10)15(26)13-11(19)5-8(6-12(13)20)7-25-16(21)14(17(22)27)23-24-25;/h1-6H,7,21H2,(H2,22,27);1H. The molecule has 3 rings (SSSR count). The smallest absolute Gasteiger partial charge is 0.273 e. The summed E-state index contributed by atoms with van der Waals surface area (Å²) in [6.45, 7) is 0.140. The fraction of sp³-hybridized carbons (Fsp3) is 0.0588. The largest absolute Gasteiger partial charge is 0.382 e. The number of nitrogens with two attached hydrogens (primary N) is 2. The van der Waals surface area contributed by atoms with Crippen LogP contribution in [0.3, 0.4) is 0 Å². The molecule has 0 bridgehead atoms. The van der Waals surface area contributed by atoms with E-state index in [0.29, 0.717) is 16.1 Å². The van der Waals surface area contributed by atoms with Crippen LogP contribution >= 0.6 is 47.2 Å². The van der Waals surface area contributed by atoms with Crippen LogP contribution in [0, 0.1) is 0 Å². The Labute approximate surface area is 181 Å². The van der Waals surface area contributed by atoms with E-state index in [0.717, 1.165) is 0 Å². The maximum Gasteiger partial charge on any atom is 0.273 e. The van der Waals surface area contributed by atoms with E-state index in [2.05, 4.69) is 10.3 Å². The van der Waals surface area contributed by atoms with Crippen molar-refractivity contribution in [3.8, 4) is 0 Å². The van der Waals surface area contributed by atoms with Gasteiger partial charge < -0.3 is 11.5 Å². The third-order valence-corrected chi connectivity index (χ3v) is 4.62. The minimum atomic E-state index is -0.779. The molecule has 7 nitrogen and oxygen atoms in total. The highest BCUT2D eigenvalue weighted by molar-refractivity contribution is 6.41. The third kappa shape index (κ3) is 4.39. The Balaban J connectivity index is 0.00000280. The van der Waals surface area contributed by atoms with Gasteiger partial charge in [0.05, 0.1) is 22.2 Å². The quantitative estimate of drug-likeness (QED) is 0.563. The normalized spacial score (nSPS) is 10.4. The zero-order valence-electron chi connectivity index (χ0n) is 14.0. The molecule has 2 aromatic carbocycles. The molecule has 4 N–H and O–H groups in total. The molecule has 11 heteroatoms. The summed E-state index contributed by atoms with van der Waals surface area (Å²) in [5.74, 6) is -1.08. The maximum absolute atomic E-state index is 12.7. The molecule has 1 aromatic heterocycles. The minimum absolute atomic E-state index is 0. The van der Waals surface area contributed by atoms with Crippen LogP contribution in [0.1, 0.15) is 32.0 Å². The van der Waals surface area contributed by atoms with E-state index in [4.69, 9.17) is 46.3 Å². The molecule has 0 saturated heterocycles. The molecule has 28 heavy (non-hydrogen) atoms. The van der Waals surface area contributed by atoms with E-state index in [9.17, 15) is 9.59 Å². The summed E-state index contributed by atoms with van der Waals surface area (Å²) in [4.78, 5) is 23.9. The zero-order valence-corrected chi connectivity index (χ0v) is 17.1. The summed E-state index contributed by atoms with van der Waals surface area (Å²) >= 11 is 18.4. The van der Waals surface area contributed by atoms with Crippen LogP contribution in [0.15, 0.2) is 36.4 Å². The van der Waals surface area contributed by atoms with Gasteiger partial charge in [-0.3, -0.25) is 9.59 Å². The van der Waals surface area contributed by atoms with Gasteiger partial charge in [0.25, 0.3) is 5.91 Å². The SMILES string of the molecule is Cl.NC(=O)c1nnn(Cc2cc(Cl)c(C(=O)c3ccc(Cl)cc3)c(Cl)c2)c1N. The molecule has 0 spiro atoms. The summed E-state index contributed by atoms with van der Waals surface area (Å²) in [5, 5.41) is 8.27. The van der Waals surface area contributed by atoms with Crippen LogP contribution in [-0.2, 0) is 6.54 Å². The molecule has 0 aliphatic carbocycles. The van der Waals surface area contributed by atoms with E-state index in [-0.39, 0.29) is 51.9 Å². The number of anilines is 1. The molecule has 1 heterocycles. The molecule has 0 unspecified atom stereocenters. The predicted octanol–water partition coefficient (Wildman–Crippen LogP) is 3.62. The van der Waals surface area contributed by atoms with Gasteiger partial charge in [-0.05, 0) is 42.0 Å². The number of aromatic nitrogens is 3. The van der Waals surface area contributed by atoms with Gasteiger partial charge in [0.15, 0.2) is 17.3 Å². The Morgan fingerprint density at radius 2 is 1.61 bits per heavy atom. The summed E-state index contributed by atoms with van der Waals surface area (Å²) in [6.07, 6.45) is 0. The van der Waals surface area contributed by atoms with Gasteiger partial charge in [-0.15, -0.1) is 17.5 Å². The highest BCUT2D eigenvalue weighted by Crippen LogP contribution is 2.30. The van der Waals surface area contributed by atoms with Crippen LogP contribution in [-0.4, -0.2) is 26.7 Å². The van der Waals surface area contributed by atoms with E-state index >= 15 is 0 Å². The van der Waals surface area contributed by atoms with Gasteiger partial charge in [0, 0.05) is 10.6 Å². The minimum Gasteiger partial charge on any atom is -0.382 e. The van der Waals surface area contributed by atoms with E-state index in [1.165, 1.54) is 4.68 Å². The van der Waals surface area contributed by atoms with Crippen LogP contribution in [0.5, 0.6) is 0 Å². The number of hydrogen-bond acceptors (Lipinski definition) is 5. The number of ketones is 1. The first-order chi connectivity index (χ1) is 12.8. The van der Waals surface area contributed by atoms with Crippen molar-refractivity contribution >= 4 is 64.7 Å². The highest BCUT2D eigenvalue weighted by Gasteiger charge is 2.19. The number of benzene rings is 2. The lowest BCUT2D eigenvalue weighted by Gasteiger charge is -2.10. The van der Waals surface area contributed by atoms with Crippen molar-refractivity contribution in [2.24, 2.45) is 5.73 Å². The molecular weight excluding hydrogens is 448 g/mol. The van der Waals surface area contributed by atoms with Crippen LogP contribution in [0.4, 0.5) is 5.82 Å². The third-order valence-electron chi connectivity index (χ3n) is 3.77. The second kappa shape index (κ2) is 8.79. The monoisotopic (exact) mass is 459 g/mol. The van der Waals surface area contributed by atoms with Gasteiger partial charge in [-0.25, -0.2) is 4.68 Å². The first kappa shape index (κ1) is 22.0. The molecule has 0 fully saturated rings. The molecule has 146 valence electrons. The second-order valence-electron chi connectivity index (χ2n) is 5.62. The lowest BCUT2D eigenvalue weighted by atomic mass is 10.0. The fourth-order valence-electron chi connectivity index (χ4n) is 2.47. The molecule has 3 aromatic rings. The molecule has 0 saturated carbocycles. The Bertz CT molecular complexity index is 1030. The first-order valence-corrected chi connectivity index (χ1v) is 8.68. The first-order valence-electron chi connectivity index (χ1n) is 7.55. The number of carbonyl (C=O) groups excluding carboxylic acids is 2. The number of nitrogens with zero attached hydrogens (tertiary/aromatic N) is 3. The van der Waals surface area contributed by atoms with Crippen molar-refractivity contribution in [1.29, 1.82) is 0 Å². The van der Waals surface area contributed by atoms with Crippen LogP contribution in [0.2, 0.25) is 15.1 Å². The molecule has 1 amide bonds. The van der Waals surface area contributed by atoms with Crippen LogP contribution in [0.25, 0.3) is 0 Å². The van der Waals surface area contributed by atoms with Crippen molar-refractivity contribution in [3.05, 3.63) is 73.9 Å². The molecule has 0 radical (unpaired) electrons. The zero-order chi connectivity index (χ0) is 19.7. The van der Waals surface area contributed by atoms with Gasteiger partial charge in [-0.1, -0.05) is 40.0 Å². The van der Waals surface area contributed by atoms with Crippen molar-refractivity contribution < 1.29 is 9.59 Å². The molecular formula is C17H13Cl4N5O2. The lowest BCUT2D eigenvalue weighted by molar-refractivity contribution is 0.0994. The number of hydrogen-bond donors (Lipinski definition) is 2. The average Bonchev–Trinajstić information content (AvgIpc) is 2.95. The van der Waals surface area contributed by atoms with Crippen molar-refractivity contribution in [3.63, 3.8) is 0 Å². The summed E-state index contributed by atoms with van der Waals surface area (Å²) < 4.78 is 1.28. The topological polar surface area (TPSA) is 117 Å². The van der Waals surface area contributed by atoms with Gasteiger partial charge in [-0.2, -0.15) is 0 Å². The number of amides is 1. The molecule has 0 atom stereocenters. The van der Waals surface area contributed by atoms with E-state index < -0.39 is 5.91 Å². The Hall–Kier alpha value is -2.32. The lowest BCUT2D eigenvalue weighted by Crippen LogP contribution is -2.15. The van der Waals surface area contributed by atoms with Gasteiger partial charge in [0.2, 0.25) is 0 Å². The number of primary amides is 1. The number of nitrogen functional groups attached to an aromatic ring is 1. The molecule has 0 aliphatic rings. The van der Waals surface area contributed by atoms with Crippen molar-refractivity contribution in [2.45, 2.75) is 6.54 Å². The van der Waals surface area contributed by atoms with E-state index in [1.54, 1.807) is 36.4 Å². The number of carbonyl (C=O) groups is 2. The van der Waals surface area contributed by atoms with Crippen LogP contribution < -0.4 is 11.5 Å². The number of rotatable bonds is 5. The average molecular weight is 461 g/mol. The predicted molar refractivity (Wildman–Crippen MR) is 111 cm³/mol. The Morgan fingerprint density at radius 1 is 1.04 bits per heavy atom. The number of halogens is 4. The Morgan fingerprint density at radius 3 is 2.11 bits per heavy atom. The second-order valence-corrected chi connectivity index (χ2v) is 6.87. The summed E-state index contributed by atoms with van der Waals surface area (Å²) in [5.41, 5.74) is 12.0. The van der Waals surface area contributed by atoms with E-state index in [1.807, 2.05) is 0 Å². The van der Waals surface area contributed by atoms with Crippen molar-refractivity contribution in [1.82, 2.24) is 15.0 Å². The summed E-state index contributed by atoms with van der Waals surface area (Å²) in [6, 6.07) is 9.53. The summed E-state index contributed by atoms with van der Waals surface area (Å²) in [7, 11) is 0. The van der Waals surface area contributed by atoms with Crippen molar-refractivity contribution in [2.75, 3.05) is 5.73 Å². The molecule has 0 aliphatic heterocycles. The highest BCUT2D eigenvalue weighted by atomic mass is 35.5. The van der Waals surface area contributed by atoms with Gasteiger partial charge in [0.1, 0.15) is 0 Å². The Kier molecular flexibility index (Phi) is 6.90. The van der Waals surface area contributed by atoms with Gasteiger partial charge >= 0.3 is 0 Å². The maximum atomic E-state index is 12.7.